The summed E-state index contributed by atoms with van der Waals surface area (Å²) in [5.74, 6) is -1.30. The zero-order valence-electron chi connectivity index (χ0n) is 15.7. The molecule has 2 aromatic heterocycles. The van der Waals surface area contributed by atoms with Gasteiger partial charge in [-0.1, -0.05) is 42.5 Å². The molecule has 146 valence electrons. The van der Waals surface area contributed by atoms with Crippen molar-refractivity contribution in [3.8, 4) is 0 Å². The van der Waals surface area contributed by atoms with E-state index in [1.165, 1.54) is 6.07 Å². The maximum absolute atomic E-state index is 12.7. The van der Waals surface area contributed by atoms with Crippen molar-refractivity contribution < 1.29 is 23.9 Å². The number of hydrogen-bond donors (Lipinski definition) is 1. The average molecular weight is 397 g/mol. The second-order valence-corrected chi connectivity index (χ2v) is 7.06. The van der Waals surface area contributed by atoms with Crippen molar-refractivity contribution in [3.63, 3.8) is 0 Å². The van der Waals surface area contributed by atoms with Crippen molar-refractivity contribution in [2.24, 2.45) is 0 Å². The molecule has 4 aromatic rings. The van der Waals surface area contributed by atoms with E-state index in [2.05, 4.69) is 0 Å². The second kappa shape index (κ2) is 6.70. The van der Waals surface area contributed by atoms with Crippen molar-refractivity contribution in [2.45, 2.75) is 6.54 Å². The first-order valence-corrected chi connectivity index (χ1v) is 9.33. The molecule has 0 fully saturated rings. The van der Waals surface area contributed by atoms with Gasteiger partial charge in [0.2, 0.25) is 5.76 Å². The Morgan fingerprint density at radius 3 is 2.27 bits per heavy atom. The number of carbonyl (C=O) groups is 3. The Morgan fingerprint density at radius 2 is 1.60 bits per heavy atom. The summed E-state index contributed by atoms with van der Waals surface area (Å²) in [6.07, 6.45) is 3.47. The predicted octanol–water partition coefficient (Wildman–Crippen LogP) is 4.44. The van der Waals surface area contributed by atoms with E-state index in [4.69, 9.17) is 9.52 Å². The molecule has 0 bridgehead atoms. The number of allylic oxidation sites excluding steroid dienone is 1. The van der Waals surface area contributed by atoms with Crippen molar-refractivity contribution >= 4 is 34.5 Å². The molecule has 1 aliphatic carbocycles. The Kier molecular flexibility index (Phi) is 3.99. The van der Waals surface area contributed by atoms with Gasteiger partial charge in [-0.25, -0.2) is 4.79 Å². The standard InChI is InChI=1S/C24H15NO5/c26-22-17-6-1-2-7-18(17)23(27)19(22)11-14-12-25(20-8-4-3-5-16(14)20)13-15-9-10-21(30-15)24(28)29/h1-12H,13H2,(H,28,29). The summed E-state index contributed by atoms with van der Waals surface area (Å²) in [5.41, 5.74) is 2.61. The van der Waals surface area contributed by atoms with Gasteiger partial charge in [0.25, 0.3) is 0 Å². The lowest BCUT2D eigenvalue weighted by Gasteiger charge is -2.02. The number of Topliss-reactive ketones (excluding diaryl/α,β-unsaturated/α-hetero) is 2. The molecule has 0 amide bonds. The van der Waals surface area contributed by atoms with E-state index in [-0.39, 0.29) is 22.9 Å². The lowest BCUT2D eigenvalue weighted by Crippen LogP contribution is -2.00. The maximum Gasteiger partial charge on any atom is 0.371 e. The SMILES string of the molecule is O=C(O)c1ccc(Cn2cc(C=C3C(=O)c4ccccc4C3=O)c3ccccc32)o1. The van der Waals surface area contributed by atoms with Gasteiger partial charge in [-0.15, -0.1) is 0 Å². The van der Waals surface area contributed by atoms with Crippen LogP contribution in [0.25, 0.3) is 17.0 Å². The molecule has 0 atom stereocenters. The van der Waals surface area contributed by atoms with Gasteiger partial charge in [-0.05, 0) is 24.3 Å². The molecule has 1 N–H and O–H groups in total. The van der Waals surface area contributed by atoms with Crippen LogP contribution in [0.15, 0.2) is 76.9 Å². The number of aromatic carboxylic acids is 1. The molecule has 0 aliphatic heterocycles. The van der Waals surface area contributed by atoms with Crippen LogP contribution in [-0.4, -0.2) is 27.2 Å². The average Bonchev–Trinajstić information content (AvgIpc) is 3.42. The zero-order chi connectivity index (χ0) is 20.8. The summed E-state index contributed by atoms with van der Waals surface area (Å²) in [6.45, 7) is 0.319. The topological polar surface area (TPSA) is 89.5 Å². The van der Waals surface area contributed by atoms with Crippen molar-refractivity contribution in [3.05, 3.63) is 101 Å². The zero-order valence-corrected chi connectivity index (χ0v) is 15.7. The molecule has 0 spiro atoms. The van der Waals surface area contributed by atoms with Crippen LogP contribution in [0.4, 0.5) is 0 Å². The van der Waals surface area contributed by atoms with E-state index in [0.29, 0.717) is 23.4 Å². The van der Waals surface area contributed by atoms with Crippen molar-refractivity contribution in [1.29, 1.82) is 0 Å². The molecule has 0 saturated carbocycles. The fraction of sp³-hybridized carbons (Fsp3) is 0.0417. The molecular weight excluding hydrogens is 382 g/mol. The van der Waals surface area contributed by atoms with Crippen molar-refractivity contribution in [1.82, 2.24) is 4.57 Å². The van der Waals surface area contributed by atoms with Crippen LogP contribution in [0, 0.1) is 0 Å². The van der Waals surface area contributed by atoms with E-state index in [9.17, 15) is 14.4 Å². The van der Waals surface area contributed by atoms with E-state index >= 15 is 0 Å². The normalized spacial score (nSPS) is 13.1. The first-order chi connectivity index (χ1) is 14.5. The Bertz CT molecular complexity index is 1350. The number of benzene rings is 2. The molecule has 6 nitrogen and oxygen atoms in total. The molecular formula is C24H15NO5. The Hall–Kier alpha value is -4.19. The lowest BCUT2D eigenvalue weighted by molar-refractivity contribution is 0.0660. The number of furan rings is 1. The van der Waals surface area contributed by atoms with Gasteiger partial charge in [0, 0.05) is 33.8 Å². The van der Waals surface area contributed by atoms with Gasteiger partial charge in [0.15, 0.2) is 11.6 Å². The summed E-state index contributed by atoms with van der Waals surface area (Å²) < 4.78 is 7.28. The minimum absolute atomic E-state index is 0.122. The maximum atomic E-state index is 12.7. The third-order valence-electron chi connectivity index (χ3n) is 5.22. The van der Waals surface area contributed by atoms with Gasteiger partial charge < -0.3 is 14.1 Å². The fourth-order valence-electron chi connectivity index (χ4n) is 3.83. The fourth-order valence-corrected chi connectivity index (χ4v) is 3.83. The van der Waals surface area contributed by atoms with Gasteiger partial charge in [0.1, 0.15) is 5.76 Å². The second-order valence-electron chi connectivity index (χ2n) is 7.06. The third-order valence-corrected chi connectivity index (χ3v) is 5.22. The summed E-state index contributed by atoms with van der Waals surface area (Å²) in [4.78, 5) is 36.6. The highest BCUT2D eigenvalue weighted by molar-refractivity contribution is 6.41. The minimum atomic E-state index is -1.12. The number of para-hydroxylation sites is 1. The van der Waals surface area contributed by atoms with Crippen LogP contribution >= 0.6 is 0 Å². The number of rotatable bonds is 4. The first kappa shape index (κ1) is 17.9. The quantitative estimate of drug-likeness (QED) is 0.406. The Balaban J connectivity index is 1.58. The smallest absolute Gasteiger partial charge is 0.371 e. The van der Waals surface area contributed by atoms with Gasteiger partial charge in [0.05, 0.1) is 12.1 Å². The number of hydrogen-bond acceptors (Lipinski definition) is 4. The molecule has 6 heteroatoms. The number of fused-ring (bicyclic) bond motifs is 2. The first-order valence-electron chi connectivity index (χ1n) is 9.33. The van der Waals surface area contributed by atoms with E-state index in [1.54, 1.807) is 36.4 Å². The van der Waals surface area contributed by atoms with Crippen LogP contribution in [0.5, 0.6) is 0 Å². The van der Waals surface area contributed by atoms with E-state index in [1.807, 2.05) is 35.0 Å². The molecule has 0 unspecified atom stereocenters. The summed E-state index contributed by atoms with van der Waals surface area (Å²) >= 11 is 0. The molecule has 2 aromatic carbocycles. The largest absolute Gasteiger partial charge is 0.475 e. The number of carbonyl (C=O) groups excluding carboxylic acids is 2. The summed E-state index contributed by atoms with van der Waals surface area (Å²) in [7, 11) is 0. The number of carboxylic acid groups (broad SMARTS) is 1. The number of carboxylic acids is 1. The van der Waals surface area contributed by atoms with Gasteiger partial charge >= 0.3 is 5.97 Å². The molecule has 0 radical (unpaired) electrons. The van der Waals surface area contributed by atoms with E-state index < -0.39 is 5.97 Å². The molecule has 5 rings (SSSR count). The minimum Gasteiger partial charge on any atom is -0.475 e. The lowest BCUT2D eigenvalue weighted by atomic mass is 10.1. The summed E-state index contributed by atoms with van der Waals surface area (Å²) in [6, 6.07) is 17.5. The molecule has 30 heavy (non-hydrogen) atoms. The highest BCUT2D eigenvalue weighted by Gasteiger charge is 2.32. The van der Waals surface area contributed by atoms with Crippen LogP contribution in [0.2, 0.25) is 0 Å². The molecule has 2 heterocycles. The van der Waals surface area contributed by atoms with Crippen LogP contribution in [0.1, 0.15) is 42.6 Å². The van der Waals surface area contributed by atoms with Crippen LogP contribution < -0.4 is 0 Å². The van der Waals surface area contributed by atoms with Crippen LogP contribution in [0.3, 0.4) is 0 Å². The number of nitrogens with zero attached hydrogens (tertiary/aromatic N) is 1. The monoisotopic (exact) mass is 397 g/mol. The highest BCUT2D eigenvalue weighted by atomic mass is 16.4. The predicted molar refractivity (Wildman–Crippen MR) is 110 cm³/mol. The van der Waals surface area contributed by atoms with Crippen molar-refractivity contribution in [2.75, 3.05) is 0 Å². The molecule has 1 aliphatic rings. The Labute approximate surface area is 170 Å². The van der Waals surface area contributed by atoms with Gasteiger partial charge in [-0.2, -0.15) is 0 Å². The van der Waals surface area contributed by atoms with Gasteiger partial charge in [-0.3, -0.25) is 9.59 Å². The van der Waals surface area contributed by atoms with Crippen LogP contribution in [-0.2, 0) is 6.54 Å². The highest BCUT2D eigenvalue weighted by Crippen LogP contribution is 2.30. The number of aromatic nitrogens is 1. The van der Waals surface area contributed by atoms with E-state index in [0.717, 1.165) is 16.5 Å². The molecule has 0 saturated heterocycles. The number of ketones is 2. The third kappa shape index (κ3) is 2.78. The Morgan fingerprint density at radius 1 is 0.933 bits per heavy atom. The summed E-state index contributed by atoms with van der Waals surface area (Å²) in [5, 5.41) is 9.93.